The van der Waals surface area contributed by atoms with Crippen molar-refractivity contribution in [2.24, 2.45) is 0 Å². The lowest BCUT2D eigenvalue weighted by Crippen LogP contribution is -2.50. The molecule has 96 valence electrons. The van der Waals surface area contributed by atoms with E-state index in [1.165, 1.54) is 38.5 Å². The van der Waals surface area contributed by atoms with Crippen molar-refractivity contribution >= 4 is 0 Å². The topological polar surface area (TPSA) is 15.3 Å². The molecule has 1 N–H and O–H groups in total. The van der Waals surface area contributed by atoms with Crippen molar-refractivity contribution in [3.63, 3.8) is 0 Å². The van der Waals surface area contributed by atoms with Gasteiger partial charge < -0.3 is 5.32 Å². The minimum absolute atomic E-state index is 0.712. The van der Waals surface area contributed by atoms with Crippen LogP contribution in [0.3, 0.4) is 0 Å². The Kier molecular flexibility index (Phi) is 6.37. The highest BCUT2D eigenvalue weighted by Crippen LogP contribution is 2.23. The zero-order valence-electron chi connectivity index (χ0n) is 11.6. The molecule has 0 amide bonds. The number of nitrogens with one attached hydrogen (secondary N) is 1. The Morgan fingerprint density at radius 2 is 1.88 bits per heavy atom. The maximum Gasteiger partial charge on any atom is 0.0249 e. The molecule has 0 radical (unpaired) electrons. The van der Waals surface area contributed by atoms with Gasteiger partial charge in [0.1, 0.15) is 0 Å². The van der Waals surface area contributed by atoms with Crippen LogP contribution in [0.15, 0.2) is 0 Å². The molecule has 0 spiro atoms. The van der Waals surface area contributed by atoms with Gasteiger partial charge in [0.25, 0.3) is 0 Å². The molecule has 1 saturated carbocycles. The zero-order valence-corrected chi connectivity index (χ0v) is 11.6. The SMILES string of the molecule is CCNC1CCCCCC1N(C)C(C)CC. The smallest absolute Gasteiger partial charge is 0.0249 e. The lowest BCUT2D eigenvalue weighted by Gasteiger charge is -2.37. The van der Waals surface area contributed by atoms with Gasteiger partial charge in [-0.05, 0) is 39.8 Å². The van der Waals surface area contributed by atoms with Crippen molar-refractivity contribution in [2.45, 2.75) is 77.4 Å². The van der Waals surface area contributed by atoms with Gasteiger partial charge in [-0.2, -0.15) is 0 Å². The summed E-state index contributed by atoms with van der Waals surface area (Å²) < 4.78 is 0. The van der Waals surface area contributed by atoms with Gasteiger partial charge >= 0.3 is 0 Å². The molecular weight excluding hydrogens is 196 g/mol. The molecule has 0 saturated heterocycles. The van der Waals surface area contributed by atoms with Gasteiger partial charge in [0.15, 0.2) is 0 Å². The van der Waals surface area contributed by atoms with Gasteiger partial charge in [-0.25, -0.2) is 0 Å². The molecule has 0 bridgehead atoms. The van der Waals surface area contributed by atoms with E-state index in [1.54, 1.807) is 0 Å². The second-order valence-electron chi connectivity index (χ2n) is 5.29. The van der Waals surface area contributed by atoms with Crippen molar-refractivity contribution in [1.29, 1.82) is 0 Å². The van der Waals surface area contributed by atoms with Crippen molar-refractivity contribution < 1.29 is 0 Å². The van der Waals surface area contributed by atoms with Gasteiger partial charge in [0.2, 0.25) is 0 Å². The summed E-state index contributed by atoms with van der Waals surface area (Å²) in [6, 6.07) is 2.17. The van der Waals surface area contributed by atoms with Crippen molar-refractivity contribution in [3.05, 3.63) is 0 Å². The van der Waals surface area contributed by atoms with Crippen LogP contribution in [0.25, 0.3) is 0 Å². The average molecular weight is 226 g/mol. The van der Waals surface area contributed by atoms with E-state index < -0.39 is 0 Å². The summed E-state index contributed by atoms with van der Waals surface area (Å²) in [7, 11) is 2.31. The lowest BCUT2D eigenvalue weighted by molar-refractivity contribution is 0.136. The Morgan fingerprint density at radius 1 is 1.19 bits per heavy atom. The van der Waals surface area contributed by atoms with E-state index in [-0.39, 0.29) is 0 Å². The summed E-state index contributed by atoms with van der Waals surface area (Å²) in [5.41, 5.74) is 0. The van der Waals surface area contributed by atoms with Crippen LogP contribution in [0.4, 0.5) is 0 Å². The molecule has 0 heterocycles. The Morgan fingerprint density at radius 3 is 2.50 bits per heavy atom. The molecule has 2 heteroatoms. The third-order valence-corrected chi connectivity index (χ3v) is 4.25. The van der Waals surface area contributed by atoms with E-state index in [2.05, 4.69) is 38.0 Å². The van der Waals surface area contributed by atoms with E-state index in [0.717, 1.165) is 12.6 Å². The molecular formula is C14H30N2. The fourth-order valence-corrected chi connectivity index (χ4v) is 2.89. The highest BCUT2D eigenvalue weighted by molar-refractivity contribution is 4.87. The monoisotopic (exact) mass is 226 g/mol. The van der Waals surface area contributed by atoms with Crippen LogP contribution in [0.5, 0.6) is 0 Å². The maximum atomic E-state index is 3.69. The molecule has 0 aromatic rings. The van der Waals surface area contributed by atoms with Crippen LogP contribution in [-0.2, 0) is 0 Å². The van der Waals surface area contributed by atoms with Crippen LogP contribution >= 0.6 is 0 Å². The highest BCUT2D eigenvalue weighted by Gasteiger charge is 2.27. The minimum atomic E-state index is 0.712. The van der Waals surface area contributed by atoms with Crippen molar-refractivity contribution in [3.8, 4) is 0 Å². The molecule has 2 nitrogen and oxygen atoms in total. The molecule has 0 aliphatic heterocycles. The Bertz CT molecular complexity index is 182. The largest absolute Gasteiger partial charge is 0.313 e. The first kappa shape index (κ1) is 14.0. The molecule has 0 aromatic heterocycles. The second-order valence-corrected chi connectivity index (χ2v) is 5.29. The third kappa shape index (κ3) is 3.74. The number of hydrogen-bond donors (Lipinski definition) is 1. The highest BCUT2D eigenvalue weighted by atomic mass is 15.2. The first-order valence-corrected chi connectivity index (χ1v) is 7.16. The predicted molar refractivity (Wildman–Crippen MR) is 71.9 cm³/mol. The fourth-order valence-electron chi connectivity index (χ4n) is 2.89. The van der Waals surface area contributed by atoms with Gasteiger partial charge in [-0.15, -0.1) is 0 Å². The molecule has 3 unspecified atom stereocenters. The molecule has 1 rings (SSSR count). The minimum Gasteiger partial charge on any atom is -0.313 e. The van der Waals surface area contributed by atoms with Crippen LogP contribution in [0.1, 0.15) is 59.3 Å². The van der Waals surface area contributed by atoms with E-state index in [9.17, 15) is 0 Å². The molecule has 1 aliphatic rings. The summed E-state index contributed by atoms with van der Waals surface area (Å²) in [4.78, 5) is 2.61. The number of hydrogen-bond acceptors (Lipinski definition) is 2. The number of nitrogens with zero attached hydrogens (tertiary/aromatic N) is 1. The molecule has 1 fully saturated rings. The van der Waals surface area contributed by atoms with Crippen molar-refractivity contribution in [2.75, 3.05) is 13.6 Å². The predicted octanol–water partition coefficient (Wildman–Crippen LogP) is 3.03. The average Bonchev–Trinajstić information content (AvgIpc) is 2.53. The van der Waals surface area contributed by atoms with E-state index in [4.69, 9.17) is 0 Å². The summed E-state index contributed by atoms with van der Waals surface area (Å²) in [5.74, 6) is 0. The first-order chi connectivity index (χ1) is 7.70. The van der Waals surface area contributed by atoms with E-state index in [0.29, 0.717) is 12.1 Å². The zero-order chi connectivity index (χ0) is 12.0. The van der Waals surface area contributed by atoms with Crippen LogP contribution in [-0.4, -0.2) is 36.6 Å². The third-order valence-electron chi connectivity index (χ3n) is 4.25. The fraction of sp³-hybridized carbons (Fsp3) is 1.00. The lowest BCUT2D eigenvalue weighted by atomic mass is 9.99. The molecule has 16 heavy (non-hydrogen) atoms. The normalized spacial score (nSPS) is 29.1. The van der Waals surface area contributed by atoms with Crippen LogP contribution < -0.4 is 5.32 Å². The number of likely N-dealkylation sites (N-methyl/N-ethyl adjacent to an activating group) is 2. The standard InChI is InChI=1S/C14H30N2/c1-5-12(3)16(4)14-11-9-7-8-10-13(14)15-6-2/h12-15H,5-11H2,1-4H3. The van der Waals surface area contributed by atoms with Gasteiger partial charge in [0, 0.05) is 18.1 Å². The summed E-state index contributed by atoms with van der Waals surface area (Å²) in [6.07, 6.45) is 8.23. The Hall–Kier alpha value is -0.0800. The Balaban J connectivity index is 2.62. The van der Waals surface area contributed by atoms with E-state index in [1.807, 2.05) is 0 Å². The van der Waals surface area contributed by atoms with Crippen LogP contribution in [0.2, 0.25) is 0 Å². The van der Waals surface area contributed by atoms with Crippen LogP contribution in [0, 0.1) is 0 Å². The summed E-state index contributed by atoms with van der Waals surface area (Å²) in [6.45, 7) is 7.98. The Labute approximate surface area is 102 Å². The van der Waals surface area contributed by atoms with Crippen molar-refractivity contribution in [1.82, 2.24) is 10.2 Å². The summed E-state index contributed by atoms with van der Waals surface area (Å²) >= 11 is 0. The molecule has 0 aromatic carbocycles. The molecule has 3 atom stereocenters. The van der Waals surface area contributed by atoms with Gasteiger partial charge in [-0.3, -0.25) is 4.90 Å². The summed E-state index contributed by atoms with van der Waals surface area (Å²) in [5, 5.41) is 3.69. The first-order valence-electron chi connectivity index (χ1n) is 7.16. The van der Waals surface area contributed by atoms with Gasteiger partial charge in [0.05, 0.1) is 0 Å². The maximum absolute atomic E-state index is 3.69. The number of rotatable bonds is 5. The van der Waals surface area contributed by atoms with E-state index >= 15 is 0 Å². The second kappa shape index (κ2) is 7.29. The van der Waals surface area contributed by atoms with Gasteiger partial charge in [-0.1, -0.05) is 33.1 Å². The quantitative estimate of drug-likeness (QED) is 0.725. The molecule has 1 aliphatic carbocycles.